The summed E-state index contributed by atoms with van der Waals surface area (Å²) in [5, 5.41) is 18.0. The lowest BCUT2D eigenvalue weighted by molar-refractivity contribution is -0.150. The smallest absolute Gasteiger partial charge is 0.352 e. The van der Waals surface area contributed by atoms with Gasteiger partial charge in [0, 0.05) is 23.0 Å². The van der Waals surface area contributed by atoms with E-state index in [-0.39, 0.29) is 23.9 Å². The molecule has 140 valence electrons. The van der Waals surface area contributed by atoms with Crippen LogP contribution in [0.25, 0.3) is 0 Å². The summed E-state index contributed by atoms with van der Waals surface area (Å²) >= 11 is 2.94. The van der Waals surface area contributed by atoms with Gasteiger partial charge < -0.3 is 10.4 Å². The van der Waals surface area contributed by atoms with Crippen LogP contribution < -0.4 is 5.32 Å². The number of thioether (sulfide) groups is 1. The molecule has 2 aromatic heterocycles. The Bertz CT molecular complexity index is 908. The molecule has 0 aliphatic carbocycles. The molecule has 0 saturated carbocycles. The molecular formula is C17H16N4O4S2. The molecule has 2 atom stereocenters. The number of carbonyl (C=O) groups excluding carboxylic acids is 2. The van der Waals surface area contributed by atoms with Gasteiger partial charge in [0.1, 0.15) is 17.1 Å². The molecule has 27 heavy (non-hydrogen) atoms. The second-order valence-electron chi connectivity index (χ2n) is 6.17. The van der Waals surface area contributed by atoms with Gasteiger partial charge in [-0.05, 0) is 23.1 Å². The first-order valence-corrected chi connectivity index (χ1v) is 10.2. The average molecular weight is 404 g/mol. The number of carboxylic acids is 1. The van der Waals surface area contributed by atoms with E-state index < -0.39 is 17.4 Å². The van der Waals surface area contributed by atoms with Crippen LogP contribution in [0.5, 0.6) is 0 Å². The summed E-state index contributed by atoms with van der Waals surface area (Å²) in [6.07, 6.45) is 3.58. The third-order valence-corrected chi connectivity index (χ3v) is 6.61. The van der Waals surface area contributed by atoms with E-state index in [1.165, 1.54) is 28.0 Å². The largest absolute Gasteiger partial charge is 0.477 e. The maximum Gasteiger partial charge on any atom is 0.352 e. The molecule has 0 radical (unpaired) electrons. The summed E-state index contributed by atoms with van der Waals surface area (Å²) in [4.78, 5) is 38.8. The maximum absolute atomic E-state index is 12.6. The Hall–Kier alpha value is -2.59. The van der Waals surface area contributed by atoms with Crippen molar-refractivity contribution in [1.82, 2.24) is 20.0 Å². The predicted molar refractivity (Wildman–Crippen MR) is 99.9 cm³/mol. The minimum atomic E-state index is -1.14. The van der Waals surface area contributed by atoms with Crippen molar-refractivity contribution >= 4 is 40.9 Å². The van der Waals surface area contributed by atoms with Crippen molar-refractivity contribution in [2.75, 3.05) is 5.75 Å². The van der Waals surface area contributed by atoms with Gasteiger partial charge in [-0.15, -0.1) is 23.1 Å². The molecule has 1 saturated heterocycles. The van der Waals surface area contributed by atoms with Crippen LogP contribution in [0.15, 0.2) is 47.2 Å². The molecule has 0 aromatic carbocycles. The highest BCUT2D eigenvalue weighted by atomic mass is 32.2. The Morgan fingerprint density at radius 2 is 2.22 bits per heavy atom. The van der Waals surface area contributed by atoms with Gasteiger partial charge in [0.25, 0.3) is 5.91 Å². The standard InChI is InChI=1S/C17H16N4O4S2/c22-12(7-11-3-1-6-26-11)19-13-15(23)21-14(17(24)25)10(9-27-16(13)21)8-20-5-2-4-18-20/h1-6,13,16H,7-9H2,(H,19,22)(H,24,25)/t13-,16-/m1/s1. The van der Waals surface area contributed by atoms with Gasteiger partial charge >= 0.3 is 5.97 Å². The van der Waals surface area contributed by atoms with Crippen molar-refractivity contribution in [3.05, 3.63) is 52.1 Å². The number of amides is 2. The molecule has 2 amide bonds. The first-order valence-electron chi connectivity index (χ1n) is 8.24. The first-order chi connectivity index (χ1) is 13.0. The van der Waals surface area contributed by atoms with Crippen LogP contribution in [0.4, 0.5) is 0 Å². The highest BCUT2D eigenvalue weighted by molar-refractivity contribution is 8.00. The summed E-state index contributed by atoms with van der Waals surface area (Å²) < 4.78 is 1.63. The molecule has 2 aliphatic heterocycles. The Kier molecular flexibility index (Phi) is 4.75. The van der Waals surface area contributed by atoms with E-state index in [1.807, 2.05) is 17.5 Å². The third-order valence-electron chi connectivity index (χ3n) is 4.39. The van der Waals surface area contributed by atoms with Crippen molar-refractivity contribution in [3.63, 3.8) is 0 Å². The second-order valence-corrected chi connectivity index (χ2v) is 8.31. The lowest BCUT2D eigenvalue weighted by atomic mass is 10.0. The average Bonchev–Trinajstić information content (AvgIpc) is 3.33. The molecule has 4 rings (SSSR count). The number of aliphatic carboxylic acids is 1. The van der Waals surface area contributed by atoms with E-state index in [9.17, 15) is 19.5 Å². The minimum absolute atomic E-state index is 0.00278. The fourth-order valence-corrected chi connectivity index (χ4v) is 5.23. The molecule has 1 fully saturated rings. The van der Waals surface area contributed by atoms with E-state index in [0.717, 1.165) is 4.88 Å². The normalized spacial score (nSPS) is 21.6. The van der Waals surface area contributed by atoms with Gasteiger partial charge in [-0.3, -0.25) is 19.2 Å². The molecule has 0 unspecified atom stereocenters. The van der Waals surface area contributed by atoms with Gasteiger partial charge in [-0.25, -0.2) is 4.79 Å². The molecule has 10 heteroatoms. The minimum Gasteiger partial charge on any atom is -0.477 e. The molecule has 4 heterocycles. The van der Waals surface area contributed by atoms with E-state index in [4.69, 9.17) is 0 Å². The van der Waals surface area contributed by atoms with Crippen LogP contribution in [0.2, 0.25) is 0 Å². The topological polar surface area (TPSA) is 105 Å². The van der Waals surface area contributed by atoms with E-state index in [0.29, 0.717) is 17.9 Å². The van der Waals surface area contributed by atoms with Gasteiger partial charge in [0.05, 0.1) is 13.0 Å². The van der Waals surface area contributed by atoms with E-state index >= 15 is 0 Å². The monoisotopic (exact) mass is 404 g/mol. The highest BCUT2D eigenvalue weighted by Crippen LogP contribution is 2.40. The lowest BCUT2D eigenvalue weighted by Gasteiger charge is -2.49. The molecule has 0 bridgehead atoms. The third kappa shape index (κ3) is 3.37. The van der Waals surface area contributed by atoms with Crippen molar-refractivity contribution in [1.29, 1.82) is 0 Å². The molecular weight excluding hydrogens is 388 g/mol. The molecule has 2 aliphatic rings. The van der Waals surface area contributed by atoms with Crippen LogP contribution in [0.1, 0.15) is 4.88 Å². The van der Waals surface area contributed by atoms with Crippen LogP contribution in [-0.2, 0) is 27.3 Å². The van der Waals surface area contributed by atoms with Crippen molar-refractivity contribution in [3.8, 4) is 0 Å². The highest BCUT2D eigenvalue weighted by Gasteiger charge is 2.54. The summed E-state index contributed by atoms with van der Waals surface area (Å²) in [6, 6.07) is 4.80. The number of hydrogen-bond acceptors (Lipinski definition) is 6. The summed E-state index contributed by atoms with van der Waals surface area (Å²) in [5.41, 5.74) is 0.632. The number of β-lactam (4-membered cyclic amide) rings is 1. The number of nitrogens with one attached hydrogen (secondary N) is 1. The number of fused-ring (bicyclic) bond motifs is 1. The fourth-order valence-electron chi connectivity index (χ4n) is 3.19. The van der Waals surface area contributed by atoms with Crippen LogP contribution in [0, 0.1) is 0 Å². The van der Waals surface area contributed by atoms with Gasteiger partial charge in [-0.1, -0.05) is 6.07 Å². The SMILES string of the molecule is O=C(Cc1cccs1)N[C@@H]1C(=O)N2C(C(=O)O)=C(Cn3cccn3)CS[C@H]12. The van der Waals surface area contributed by atoms with Gasteiger partial charge in [0.2, 0.25) is 5.91 Å². The fraction of sp³-hybridized carbons (Fsp3) is 0.294. The molecule has 8 nitrogen and oxygen atoms in total. The number of carbonyl (C=O) groups is 3. The van der Waals surface area contributed by atoms with Crippen molar-refractivity contribution in [2.45, 2.75) is 24.4 Å². The number of rotatable bonds is 6. The number of carboxylic acid groups (broad SMARTS) is 1. The Balaban J connectivity index is 1.48. The number of thiophene rings is 1. The molecule has 2 aromatic rings. The summed E-state index contributed by atoms with van der Waals surface area (Å²) in [7, 11) is 0. The Labute approximate surface area is 162 Å². The van der Waals surface area contributed by atoms with E-state index in [2.05, 4.69) is 10.4 Å². The zero-order valence-corrected chi connectivity index (χ0v) is 15.7. The van der Waals surface area contributed by atoms with Crippen LogP contribution in [0.3, 0.4) is 0 Å². The number of aromatic nitrogens is 2. The second kappa shape index (κ2) is 7.20. The summed E-state index contributed by atoms with van der Waals surface area (Å²) in [6.45, 7) is 0.313. The van der Waals surface area contributed by atoms with E-state index in [1.54, 1.807) is 23.1 Å². The maximum atomic E-state index is 12.6. The zero-order valence-electron chi connectivity index (χ0n) is 14.1. The molecule has 2 N–H and O–H groups in total. The molecule has 0 spiro atoms. The van der Waals surface area contributed by atoms with Crippen LogP contribution in [-0.4, -0.2) is 54.7 Å². The van der Waals surface area contributed by atoms with Crippen molar-refractivity contribution < 1.29 is 19.5 Å². The van der Waals surface area contributed by atoms with Gasteiger partial charge in [-0.2, -0.15) is 5.10 Å². The Morgan fingerprint density at radius 3 is 2.89 bits per heavy atom. The zero-order chi connectivity index (χ0) is 19.0. The lowest BCUT2D eigenvalue weighted by Crippen LogP contribution is -2.70. The number of hydrogen-bond donors (Lipinski definition) is 2. The first kappa shape index (κ1) is 17.8. The van der Waals surface area contributed by atoms with Gasteiger partial charge in [0.15, 0.2) is 0 Å². The van der Waals surface area contributed by atoms with Crippen LogP contribution >= 0.6 is 23.1 Å². The Morgan fingerprint density at radius 1 is 1.37 bits per heavy atom. The quantitative estimate of drug-likeness (QED) is 0.694. The van der Waals surface area contributed by atoms with Crippen molar-refractivity contribution in [2.24, 2.45) is 0 Å². The predicted octanol–water partition coefficient (Wildman–Crippen LogP) is 0.926. The number of nitrogens with zero attached hydrogens (tertiary/aromatic N) is 3. The summed E-state index contributed by atoms with van der Waals surface area (Å²) in [5.74, 6) is -1.30.